The molecule has 42 heavy (non-hydrogen) atoms. The van der Waals surface area contributed by atoms with E-state index in [1.54, 1.807) is 36.5 Å². The topological polar surface area (TPSA) is 125 Å². The molecular formula is C31H20F2N8O. The third-order valence-electron chi connectivity index (χ3n) is 6.84. The molecule has 0 aliphatic heterocycles. The number of nitrogens with zero attached hydrogens (tertiary/aromatic N) is 5. The number of pyridine rings is 3. The van der Waals surface area contributed by atoms with Gasteiger partial charge in [-0.25, -0.2) is 23.7 Å². The van der Waals surface area contributed by atoms with Crippen molar-refractivity contribution < 1.29 is 13.6 Å². The average Bonchev–Trinajstić information content (AvgIpc) is 3.63. The molecule has 9 nitrogen and oxygen atoms in total. The molecule has 0 unspecified atom stereocenters. The average molecular weight is 559 g/mol. The fourth-order valence-corrected chi connectivity index (χ4v) is 4.89. The van der Waals surface area contributed by atoms with E-state index in [1.807, 2.05) is 30.3 Å². The Bertz CT molecular complexity index is 2110. The first kappa shape index (κ1) is 25.1. The maximum Gasteiger partial charge on any atom is 0.228 e. The third kappa shape index (κ3) is 4.52. The first-order valence-corrected chi connectivity index (χ1v) is 13.0. The van der Waals surface area contributed by atoms with Crippen molar-refractivity contribution in [3.05, 3.63) is 109 Å². The molecule has 1 amide bonds. The summed E-state index contributed by atoms with van der Waals surface area (Å²) in [6.07, 6.45) is 6.10. The summed E-state index contributed by atoms with van der Waals surface area (Å²) in [6, 6.07) is 19.0. The standard InChI is InChI=1S/C31H20F2N8O/c32-23-9-5-4-8-20(23)21-10-11-35-30-27(21)38-31(39-30)28-25-26(33)22(16-36-29(25)41-40-28)18-13-19(15-34-14-18)37-24(42)12-17-6-2-1-3-7-17/h1-11,13-16H,12H2,(H,37,42)(H,35,38,39)(H,36,40,41). The largest absolute Gasteiger partial charge is 0.324 e. The summed E-state index contributed by atoms with van der Waals surface area (Å²) in [7, 11) is 0. The molecule has 2 aromatic carbocycles. The van der Waals surface area contributed by atoms with Crippen LogP contribution in [0.5, 0.6) is 0 Å². The summed E-state index contributed by atoms with van der Waals surface area (Å²) in [5.74, 6) is -0.974. The second kappa shape index (κ2) is 10.3. The molecule has 5 heterocycles. The lowest BCUT2D eigenvalue weighted by Gasteiger charge is -2.08. The van der Waals surface area contributed by atoms with Crippen LogP contribution in [-0.4, -0.2) is 41.0 Å². The van der Waals surface area contributed by atoms with Gasteiger partial charge in [0, 0.05) is 40.8 Å². The van der Waals surface area contributed by atoms with Crippen LogP contribution >= 0.6 is 0 Å². The van der Waals surface area contributed by atoms with Crippen LogP contribution in [0.4, 0.5) is 14.5 Å². The molecule has 0 aliphatic rings. The van der Waals surface area contributed by atoms with Gasteiger partial charge in [0.25, 0.3) is 0 Å². The van der Waals surface area contributed by atoms with Gasteiger partial charge < -0.3 is 10.3 Å². The zero-order chi connectivity index (χ0) is 28.6. The third-order valence-corrected chi connectivity index (χ3v) is 6.84. The van der Waals surface area contributed by atoms with Gasteiger partial charge in [-0.15, -0.1) is 0 Å². The summed E-state index contributed by atoms with van der Waals surface area (Å²) in [4.78, 5) is 33.2. The minimum Gasteiger partial charge on any atom is -0.324 e. The van der Waals surface area contributed by atoms with Gasteiger partial charge in [-0.1, -0.05) is 48.5 Å². The lowest BCUT2D eigenvalue weighted by molar-refractivity contribution is -0.115. The number of H-pyrrole nitrogens is 2. The maximum atomic E-state index is 16.1. The number of benzene rings is 2. The summed E-state index contributed by atoms with van der Waals surface area (Å²) < 4.78 is 30.7. The van der Waals surface area contributed by atoms with E-state index in [9.17, 15) is 9.18 Å². The van der Waals surface area contributed by atoms with Crippen LogP contribution in [0.25, 0.3) is 56.0 Å². The molecule has 0 fully saturated rings. The van der Waals surface area contributed by atoms with E-state index in [4.69, 9.17) is 0 Å². The number of hydrogen-bond acceptors (Lipinski definition) is 6. The number of aromatic nitrogens is 7. The highest BCUT2D eigenvalue weighted by atomic mass is 19.1. The van der Waals surface area contributed by atoms with Crippen LogP contribution < -0.4 is 5.32 Å². The van der Waals surface area contributed by atoms with Crippen molar-refractivity contribution in [3.8, 4) is 33.8 Å². The molecule has 204 valence electrons. The zero-order valence-electron chi connectivity index (χ0n) is 21.8. The SMILES string of the molecule is O=C(Cc1ccccc1)Nc1cncc(-c2cnc3[nH]nc(-c4nc5c(-c6ccccc6F)ccnc5[nH]4)c3c2F)c1. The van der Waals surface area contributed by atoms with Crippen LogP contribution in [0.1, 0.15) is 5.56 Å². The van der Waals surface area contributed by atoms with Crippen LogP contribution in [0.15, 0.2) is 91.5 Å². The predicted molar refractivity (Wildman–Crippen MR) is 154 cm³/mol. The molecule has 0 radical (unpaired) electrons. The highest BCUT2D eigenvalue weighted by Gasteiger charge is 2.22. The lowest BCUT2D eigenvalue weighted by atomic mass is 10.1. The summed E-state index contributed by atoms with van der Waals surface area (Å²) in [5, 5.41) is 9.95. The molecule has 0 aliphatic carbocycles. The molecule has 0 saturated heterocycles. The van der Waals surface area contributed by atoms with Crippen molar-refractivity contribution in [3.63, 3.8) is 0 Å². The normalized spacial score (nSPS) is 11.3. The minimum absolute atomic E-state index is 0.109. The van der Waals surface area contributed by atoms with E-state index in [0.717, 1.165) is 5.56 Å². The lowest BCUT2D eigenvalue weighted by Crippen LogP contribution is -2.14. The number of imidazole rings is 1. The highest BCUT2D eigenvalue weighted by molar-refractivity contribution is 5.97. The van der Waals surface area contributed by atoms with Crippen molar-refractivity contribution in [2.75, 3.05) is 5.32 Å². The Kier molecular flexibility index (Phi) is 6.16. The van der Waals surface area contributed by atoms with Crippen molar-refractivity contribution in [1.82, 2.24) is 35.1 Å². The number of carbonyl (C=O) groups excluding carboxylic acids is 1. The van der Waals surface area contributed by atoms with E-state index >= 15 is 4.39 Å². The van der Waals surface area contributed by atoms with E-state index in [-0.39, 0.29) is 40.4 Å². The van der Waals surface area contributed by atoms with E-state index in [1.165, 1.54) is 24.7 Å². The second-order valence-corrected chi connectivity index (χ2v) is 9.58. The monoisotopic (exact) mass is 558 g/mol. The Hall–Kier alpha value is -5.84. The molecule has 0 atom stereocenters. The molecular weight excluding hydrogens is 538 g/mol. The van der Waals surface area contributed by atoms with E-state index in [2.05, 4.69) is 40.4 Å². The van der Waals surface area contributed by atoms with Crippen molar-refractivity contribution >= 4 is 33.8 Å². The smallest absolute Gasteiger partial charge is 0.228 e. The summed E-state index contributed by atoms with van der Waals surface area (Å²) in [6.45, 7) is 0. The first-order valence-electron chi connectivity index (χ1n) is 13.0. The summed E-state index contributed by atoms with van der Waals surface area (Å²) >= 11 is 0. The molecule has 0 spiro atoms. The Labute approximate surface area is 236 Å². The number of rotatable bonds is 6. The molecule has 11 heteroatoms. The van der Waals surface area contributed by atoms with Gasteiger partial charge >= 0.3 is 0 Å². The molecule has 0 bridgehead atoms. The van der Waals surface area contributed by atoms with Crippen LogP contribution in [0, 0.1) is 11.6 Å². The zero-order valence-corrected chi connectivity index (χ0v) is 21.8. The van der Waals surface area contributed by atoms with Gasteiger partial charge in [0.2, 0.25) is 5.91 Å². The van der Waals surface area contributed by atoms with Crippen molar-refractivity contribution in [1.29, 1.82) is 0 Å². The van der Waals surface area contributed by atoms with Gasteiger partial charge in [-0.3, -0.25) is 14.9 Å². The number of amides is 1. The molecule has 3 N–H and O–H groups in total. The van der Waals surface area contributed by atoms with Crippen molar-refractivity contribution in [2.24, 2.45) is 0 Å². The highest BCUT2D eigenvalue weighted by Crippen LogP contribution is 2.35. The fourth-order valence-electron chi connectivity index (χ4n) is 4.89. The Balaban J connectivity index is 1.25. The number of hydrogen-bond donors (Lipinski definition) is 3. The fraction of sp³-hybridized carbons (Fsp3) is 0.0323. The van der Waals surface area contributed by atoms with Gasteiger partial charge in [-0.2, -0.15) is 5.10 Å². The quantitative estimate of drug-likeness (QED) is 0.227. The molecule has 7 rings (SSSR count). The Morgan fingerprint density at radius 1 is 0.857 bits per heavy atom. The number of fused-ring (bicyclic) bond motifs is 2. The van der Waals surface area contributed by atoms with Crippen LogP contribution in [0.2, 0.25) is 0 Å². The summed E-state index contributed by atoms with van der Waals surface area (Å²) in [5.41, 5.74) is 4.00. The number of carbonyl (C=O) groups is 1. The Morgan fingerprint density at radius 3 is 2.55 bits per heavy atom. The van der Waals surface area contributed by atoms with Gasteiger partial charge in [0.15, 0.2) is 17.1 Å². The number of aromatic amines is 2. The number of anilines is 1. The van der Waals surface area contributed by atoms with Gasteiger partial charge in [-0.05, 0) is 23.8 Å². The second-order valence-electron chi connectivity index (χ2n) is 9.58. The number of nitrogens with one attached hydrogen (secondary N) is 3. The van der Waals surface area contributed by atoms with Crippen LogP contribution in [0.3, 0.4) is 0 Å². The van der Waals surface area contributed by atoms with Gasteiger partial charge in [0.05, 0.1) is 23.7 Å². The Morgan fingerprint density at radius 2 is 1.69 bits per heavy atom. The number of halogens is 2. The minimum atomic E-state index is -0.596. The van der Waals surface area contributed by atoms with Crippen LogP contribution in [-0.2, 0) is 11.2 Å². The molecule has 7 aromatic rings. The molecule has 0 saturated carbocycles. The predicted octanol–water partition coefficient (Wildman–Crippen LogP) is 6.08. The van der Waals surface area contributed by atoms with Gasteiger partial charge in [0.1, 0.15) is 22.8 Å². The molecule has 5 aromatic heterocycles. The maximum absolute atomic E-state index is 16.1. The van der Waals surface area contributed by atoms with Crippen molar-refractivity contribution in [2.45, 2.75) is 6.42 Å². The first-order chi connectivity index (χ1) is 20.5. The van der Waals surface area contributed by atoms with E-state index < -0.39 is 11.6 Å². The van der Waals surface area contributed by atoms with E-state index in [0.29, 0.717) is 33.5 Å².